The summed E-state index contributed by atoms with van der Waals surface area (Å²) in [6, 6.07) is 15.8. The number of ether oxygens (including phenoxy) is 1. The molecule has 3 aromatic rings. The number of allylic oxidation sites excluding steroid dienone is 1. The van der Waals surface area contributed by atoms with Gasteiger partial charge in [-0.2, -0.15) is 0 Å². The predicted molar refractivity (Wildman–Crippen MR) is 119 cm³/mol. The van der Waals surface area contributed by atoms with Crippen molar-refractivity contribution in [3.8, 4) is 11.3 Å². The average molecular weight is 400 g/mol. The number of amides is 1. The molecule has 152 valence electrons. The minimum Gasteiger partial charge on any atom is -0.373 e. The quantitative estimate of drug-likeness (QED) is 0.519. The number of nitrogens with zero attached hydrogens (tertiary/aromatic N) is 2. The first-order valence-electron chi connectivity index (χ1n) is 10.00. The second kappa shape index (κ2) is 9.33. The lowest BCUT2D eigenvalue weighted by atomic mass is 10.1. The fourth-order valence-corrected chi connectivity index (χ4v) is 3.22. The third kappa shape index (κ3) is 5.10. The molecule has 30 heavy (non-hydrogen) atoms. The molecular formula is C24H24N4O2. The van der Waals surface area contributed by atoms with Crippen LogP contribution in [0.15, 0.2) is 66.9 Å². The number of hydrogen-bond donors (Lipinski definition) is 2. The first-order chi connectivity index (χ1) is 14.7. The van der Waals surface area contributed by atoms with Crippen LogP contribution in [-0.4, -0.2) is 22.5 Å². The molecule has 6 heteroatoms. The van der Waals surface area contributed by atoms with E-state index in [4.69, 9.17) is 4.74 Å². The Labute approximate surface area is 176 Å². The number of aryl methyl sites for hydroxylation is 1. The monoisotopic (exact) mass is 400 g/mol. The van der Waals surface area contributed by atoms with E-state index >= 15 is 0 Å². The van der Waals surface area contributed by atoms with Crippen LogP contribution in [0.2, 0.25) is 0 Å². The van der Waals surface area contributed by atoms with E-state index in [1.807, 2.05) is 67.6 Å². The maximum absolute atomic E-state index is 12.3. The molecule has 6 bridgehead atoms. The van der Waals surface area contributed by atoms with Crippen molar-refractivity contribution < 1.29 is 9.53 Å². The minimum absolute atomic E-state index is 0.0141. The number of carbonyl (C=O) groups is 1. The zero-order valence-corrected chi connectivity index (χ0v) is 16.9. The van der Waals surface area contributed by atoms with E-state index in [0.717, 1.165) is 33.8 Å². The van der Waals surface area contributed by atoms with Gasteiger partial charge in [0, 0.05) is 29.6 Å². The summed E-state index contributed by atoms with van der Waals surface area (Å²) in [5.41, 5.74) is 5.46. The van der Waals surface area contributed by atoms with E-state index in [0.29, 0.717) is 32.0 Å². The van der Waals surface area contributed by atoms with Gasteiger partial charge in [-0.15, -0.1) is 0 Å². The Kier molecular flexibility index (Phi) is 6.15. The number of aromatic nitrogens is 2. The Morgan fingerprint density at radius 3 is 2.90 bits per heavy atom. The van der Waals surface area contributed by atoms with Crippen molar-refractivity contribution in [1.29, 1.82) is 0 Å². The predicted octanol–water partition coefficient (Wildman–Crippen LogP) is 5.00. The molecule has 0 fully saturated rings. The maximum Gasteiger partial charge on any atom is 0.227 e. The highest BCUT2D eigenvalue weighted by Gasteiger charge is 2.09. The smallest absolute Gasteiger partial charge is 0.227 e. The van der Waals surface area contributed by atoms with Crippen LogP contribution >= 0.6 is 0 Å². The average Bonchev–Trinajstić information content (AvgIpc) is 2.74. The molecule has 2 N–H and O–H groups in total. The number of hydrogen-bond acceptors (Lipinski definition) is 5. The summed E-state index contributed by atoms with van der Waals surface area (Å²) in [7, 11) is 0. The van der Waals surface area contributed by atoms with Crippen LogP contribution in [0.3, 0.4) is 0 Å². The Morgan fingerprint density at radius 2 is 1.97 bits per heavy atom. The van der Waals surface area contributed by atoms with Crippen LogP contribution < -0.4 is 10.6 Å². The van der Waals surface area contributed by atoms with Gasteiger partial charge in [0.05, 0.1) is 18.9 Å². The topological polar surface area (TPSA) is 76.1 Å². The van der Waals surface area contributed by atoms with Crippen LogP contribution in [0.4, 0.5) is 17.3 Å². The summed E-state index contributed by atoms with van der Waals surface area (Å²) in [5, 5.41) is 6.28. The van der Waals surface area contributed by atoms with Gasteiger partial charge in [-0.25, -0.2) is 9.97 Å². The van der Waals surface area contributed by atoms with Crippen molar-refractivity contribution in [2.45, 2.75) is 26.4 Å². The molecule has 1 amide bonds. The van der Waals surface area contributed by atoms with Gasteiger partial charge in [0.15, 0.2) is 0 Å². The van der Waals surface area contributed by atoms with E-state index in [1.54, 1.807) is 6.20 Å². The number of anilines is 3. The van der Waals surface area contributed by atoms with Gasteiger partial charge < -0.3 is 15.4 Å². The molecule has 1 aromatic heterocycles. The van der Waals surface area contributed by atoms with Gasteiger partial charge in [0.1, 0.15) is 0 Å². The molecule has 0 radical (unpaired) electrons. The molecule has 0 saturated heterocycles. The Balaban J connectivity index is 1.68. The van der Waals surface area contributed by atoms with Gasteiger partial charge in [-0.05, 0) is 48.7 Å². The lowest BCUT2D eigenvalue weighted by Crippen LogP contribution is -2.11. The molecule has 0 spiro atoms. The molecule has 2 aromatic carbocycles. The van der Waals surface area contributed by atoms with Crippen molar-refractivity contribution in [1.82, 2.24) is 9.97 Å². The van der Waals surface area contributed by atoms with Crippen molar-refractivity contribution in [2.24, 2.45) is 0 Å². The zero-order valence-electron chi connectivity index (χ0n) is 16.9. The van der Waals surface area contributed by atoms with Crippen molar-refractivity contribution >= 4 is 23.2 Å². The number of benzene rings is 2. The van der Waals surface area contributed by atoms with Crippen molar-refractivity contribution in [3.63, 3.8) is 0 Å². The first-order valence-corrected chi connectivity index (χ1v) is 10.00. The van der Waals surface area contributed by atoms with Crippen molar-refractivity contribution in [2.75, 3.05) is 17.2 Å². The van der Waals surface area contributed by atoms with Crippen LogP contribution in [-0.2, 0) is 16.1 Å². The molecule has 0 aliphatic carbocycles. The highest BCUT2D eigenvalue weighted by Crippen LogP contribution is 2.25. The van der Waals surface area contributed by atoms with Gasteiger partial charge in [-0.1, -0.05) is 36.4 Å². The molecular weight excluding hydrogens is 376 g/mol. The third-order valence-corrected chi connectivity index (χ3v) is 4.83. The van der Waals surface area contributed by atoms with E-state index < -0.39 is 0 Å². The molecule has 1 aliphatic heterocycles. The Morgan fingerprint density at radius 1 is 1.03 bits per heavy atom. The summed E-state index contributed by atoms with van der Waals surface area (Å²) in [4.78, 5) is 21.3. The van der Waals surface area contributed by atoms with E-state index in [2.05, 4.69) is 20.6 Å². The van der Waals surface area contributed by atoms with E-state index in [-0.39, 0.29) is 5.91 Å². The van der Waals surface area contributed by atoms with E-state index in [1.165, 1.54) is 0 Å². The van der Waals surface area contributed by atoms with Crippen LogP contribution in [0.5, 0.6) is 0 Å². The maximum atomic E-state index is 12.3. The van der Waals surface area contributed by atoms with E-state index in [9.17, 15) is 4.79 Å². The molecule has 6 nitrogen and oxygen atoms in total. The van der Waals surface area contributed by atoms with Gasteiger partial charge in [0.25, 0.3) is 0 Å². The number of nitrogens with one attached hydrogen (secondary N) is 2. The highest BCUT2D eigenvalue weighted by molar-refractivity contribution is 5.92. The second-order valence-electron chi connectivity index (χ2n) is 7.19. The summed E-state index contributed by atoms with van der Waals surface area (Å²) < 4.78 is 5.71. The molecule has 0 atom stereocenters. The largest absolute Gasteiger partial charge is 0.373 e. The fourth-order valence-electron chi connectivity index (χ4n) is 3.22. The molecule has 1 aliphatic rings. The lowest BCUT2D eigenvalue weighted by molar-refractivity contribution is -0.116. The standard InChI is InChI=1S/C24H24N4O2/c1-17-9-10-19-15-22(17)27-23(29)8-3-2-4-13-30-16-18-6-5-7-20(14-18)26-24-25-12-11-21(19)28-24/h2,4-7,9-12,14-15H,3,8,13,16H2,1H3,(H,27,29)(H,25,26,28)/b4-2+. The summed E-state index contributed by atoms with van der Waals surface area (Å²) in [6.07, 6.45) is 6.75. The SMILES string of the molecule is Cc1ccc2cc1NC(=O)CC/C=C/COCc1cccc(c1)Nc1nccc-2n1. The Bertz CT molecular complexity index is 1080. The molecule has 0 unspecified atom stereocenters. The number of fused-ring (bicyclic) bond motifs is 7. The highest BCUT2D eigenvalue weighted by atomic mass is 16.5. The molecule has 2 heterocycles. The lowest BCUT2D eigenvalue weighted by Gasteiger charge is -2.11. The summed E-state index contributed by atoms with van der Waals surface area (Å²) in [5.74, 6) is 0.498. The van der Waals surface area contributed by atoms with Crippen LogP contribution in [0, 0.1) is 6.92 Å². The first kappa shape index (κ1) is 19.8. The van der Waals surface area contributed by atoms with Crippen LogP contribution in [0.1, 0.15) is 24.0 Å². The fraction of sp³-hybridized carbons (Fsp3) is 0.208. The molecule has 4 rings (SSSR count). The van der Waals surface area contributed by atoms with Gasteiger partial charge in [-0.3, -0.25) is 4.79 Å². The minimum atomic E-state index is -0.0141. The van der Waals surface area contributed by atoms with Gasteiger partial charge in [0.2, 0.25) is 11.9 Å². The number of carbonyl (C=O) groups excluding carboxylic acids is 1. The summed E-state index contributed by atoms with van der Waals surface area (Å²) in [6.45, 7) is 2.99. The zero-order chi connectivity index (χ0) is 20.8. The summed E-state index contributed by atoms with van der Waals surface area (Å²) >= 11 is 0. The van der Waals surface area contributed by atoms with Gasteiger partial charge >= 0.3 is 0 Å². The second-order valence-corrected chi connectivity index (χ2v) is 7.19. The normalized spacial score (nSPS) is 15.7. The third-order valence-electron chi connectivity index (χ3n) is 4.83. The molecule has 0 saturated carbocycles. The van der Waals surface area contributed by atoms with Crippen LogP contribution in [0.25, 0.3) is 11.3 Å². The number of rotatable bonds is 0. The Hall–Kier alpha value is -3.51. The van der Waals surface area contributed by atoms with Crippen molar-refractivity contribution in [3.05, 3.63) is 78.0 Å².